The number of alkyl halides is 2. The monoisotopic (exact) mass is 383 g/mol. The minimum atomic E-state index is -2.74. The molecule has 1 heterocycles. The summed E-state index contributed by atoms with van der Waals surface area (Å²) in [6.45, 7) is 0. The SMILES string of the molecule is CN(c1cncc(F)c1)C(C(=O)NC1CC(F)(F)C1)c1ccccc1Cl. The van der Waals surface area contributed by atoms with Gasteiger partial charge in [-0.1, -0.05) is 29.8 Å². The lowest BCUT2D eigenvalue weighted by atomic mass is 9.88. The maximum Gasteiger partial charge on any atom is 0.252 e. The van der Waals surface area contributed by atoms with Crippen molar-refractivity contribution in [2.75, 3.05) is 11.9 Å². The summed E-state index contributed by atoms with van der Waals surface area (Å²) in [4.78, 5) is 18.1. The lowest BCUT2D eigenvalue weighted by Crippen LogP contribution is -2.53. The van der Waals surface area contributed by atoms with Crippen LogP contribution in [0.15, 0.2) is 42.7 Å². The van der Waals surface area contributed by atoms with Gasteiger partial charge in [-0.3, -0.25) is 9.78 Å². The van der Waals surface area contributed by atoms with Crippen LogP contribution in [0.1, 0.15) is 24.4 Å². The second kappa shape index (κ2) is 7.15. The molecule has 2 aromatic rings. The lowest BCUT2D eigenvalue weighted by molar-refractivity contribution is -0.130. The van der Waals surface area contributed by atoms with Crippen LogP contribution in [-0.2, 0) is 4.79 Å². The fourth-order valence-corrected chi connectivity index (χ4v) is 3.25. The number of pyridine rings is 1. The molecule has 1 aliphatic rings. The number of nitrogens with zero attached hydrogens (tertiary/aromatic N) is 2. The van der Waals surface area contributed by atoms with E-state index in [9.17, 15) is 18.0 Å². The molecule has 138 valence electrons. The Morgan fingerprint density at radius 2 is 2.04 bits per heavy atom. The number of aromatic nitrogens is 1. The molecule has 0 spiro atoms. The van der Waals surface area contributed by atoms with Crippen molar-refractivity contribution in [2.24, 2.45) is 0 Å². The van der Waals surface area contributed by atoms with Gasteiger partial charge in [0.15, 0.2) is 0 Å². The first-order chi connectivity index (χ1) is 12.3. The molecule has 0 saturated heterocycles. The van der Waals surface area contributed by atoms with E-state index in [0.29, 0.717) is 16.3 Å². The maximum atomic E-state index is 13.5. The Balaban J connectivity index is 1.89. The number of halogens is 4. The minimum absolute atomic E-state index is 0.350. The molecule has 1 unspecified atom stereocenters. The minimum Gasteiger partial charge on any atom is -0.358 e. The predicted octanol–water partition coefficient (Wildman–Crippen LogP) is 3.97. The van der Waals surface area contributed by atoms with Crippen LogP contribution >= 0.6 is 11.6 Å². The molecular weight excluding hydrogens is 367 g/mol. The van der Waals surface area contributed by atoms with E-state index in [-0.39, 0.29) is 12.8 Å². The van der Waals surface area contributed by atoms with Crippen LogP contribution in [0.2, 0.25) is 5.02 Å². The fourth-order valence-electron chi connectivity index (χ4n) is 3.01. The van der Waals surface area contributed by atoms with Gasteiger partial charge >= 0.3 is 0 Å². The quantitative estimate of drug-likeness (QED) is 0.849. The van der Waals surface area contributed by atoms with Gasteiger partial charge in [0, 0.05) is 42.6 Å². The standard InChI is InChI=1S/C18H17ClF3N3O/c1-25(13-6-11(20)9-23-10-13)16(14-4-2-3-5-15(14)19)17(26)24-12-7-18(21,22)8-12/h2-6,9-10,12,16H,7-8H2,1H3,(H,24,26). The van der Waals surface area contributed by atoms with E-state index < -0.39 is 29.7 Å². The zero-order valence-corrected chi connectivity index (χ0v) is 14.7. The van der Waals surface area contributed by atoms with Gasteiger partial charge in [-0.25, -0.2) is 13.2 Å². The molecule has 1 saturated carbocycles. The van der Waals surface area contributed by atoms with Crippen molar-refractivity contribution in [3.05, 3.63) is 59.1 Å². The van der Waals surface area contributed by atoms with Crippen LogP contribution < -0.4 is 10.2 Å². The van der Waals surface area contributed by atoms with E-state index in [4.69, 9.17) is 11.6 Å². The summed E-state index contributed by atoms with van der Waals surface area (Å²) in [5, 5.41) is 2.98. The number of carbonyl (C=O) groups is 1. The first kappa shape index (κ1) is 18.5. The third kappa shape index (κ3) is 3.93. The van der Waals surface area contributed by atoms with E-state index in [0.717, 1.165) is 6.20 Å². The zero-order valence-electron chi connectivity index (χ0n) is 13.9. The maximum absolute atomic E-state index is 13.5. The van der Waals surface area contributed by atoms with Crippen molar-refractivity contribution in [1.82, 2.24) is 10.3 Å². The summed E-state index contributed by atoms with van der Waals surface area (Å²) in [7, 11) is 1.60. The van der Waals surface area contributed by atoms with E-state index in [2.05, 4.69) is 10.3 Å². The highest BCUT2D eigenvalue weighted by Gasteiger charge is 2.46. The van der Waals surface area contributed by atoms with Gasteiger partial charge in [0.1, 0.15) is 11.9 Å². The first-order valence-corrected chi connectivity index (χ1v) is 8.41. The first-order valence-electron chi connectivity index (χ1n) is 8.03. The van der Waals surface area contributed by atoms with E-state index in [1.165, 1.54) is 17.2 Å². The molecule has 1 fully saturated rings. The molecule has 26 heavy (non-hydrogen) atoms. The highest BCUT2D eigenvalue weighted by molar-refractivity contribution is 6.31. The molecular formula is C18H17ClF3N3O. The Bertz CT molecular complexity index is 810. The van der Waals surface area contributed by atoms with Gasteiger partial charge in [0.25, 0.3) is 5.92 Å². The number of hydrogen-bond acceptors (Lipinski definition) is 3. The summed E-state index contributed by atoms with van der Waals surface area (Å²) in [6, 6.07) is 6.47. The number of carbonyl (C=O) groups excluding carboxylic acids is 1. The number of benzene rings is 1. The van der Waals surface area contributed by atoms with Crippen LogP contribution in [0.5, 0.6) is 0 Å². The molecule has 4 nitrogen and oxygen atoms in total. The molecule has 3 rings (SSSR count). The highest BCUT2D eigenvalue weighted by atomic mass is 35.5. The average molecular weight is 384 g/mol. The lowest BCUT2D eigenvalue weighted by Gasteiger charge is -2.37. The molecule has 0 aliphatic heterocycles. The van der Waals surface area contributed by atoms with E-state index in [1.807, 2.05) is 0 Å². The fraction of sp³-hybridized carbons (Fsp3) is 0.333. The van der Waals surface area contributed by atoms with Crippen LogP contribution in [0.4, 0.5) is 18.9 Å². The van der Waals surface area contributed by atoms with Gasteiger partial charge in [0.2, 0.25) is 5.91 Å². The molecule has 1 amide bonds. The average Bonchev–Trinajstić information content (AvgIpc) is 2.55. The Morgan fingerprint density at radius 3 is 2.65 bits per heavy atom. The Kier molecular flexibility index (Phi) is 5.09. The Morgan fingerprint density at radius 1 is 1.35 bits per heavy atom. The largest absolute Gasteiger partial charge is 0.358 e. The van der Waals surface area contributed by atoms with Crippen molar-refractivity contribution >= 4 is 23.2 Å². The Hall–Kier alpha value is -2.28. The third-order valence-corrected chi connectivity index (χ3v) is 4.71. The number of rotatable bonds is 5. The van der Waals surface area contributed by atoms with Gasteiger partial charge in [-0.2, -0.15) is 0 Å². The predicted molar refractivity (Wildman–Crippen MR) is 92.9 cm³/mol. The van der Waals surface area contributed by atoms with Crippen LogP contribution in [0.25, 0.3) is 0 Å². The van der Waals surface area contributed by atoms with Crippen molar-refractivity contribution in [3.8, 4) is 0 Å². The molecule has 0 radical (unpaired) electrons. The summed E-state index contributed by atoms with van der Waals surface area (Å²) in [5.41, 5.74) is 0.855. The van der Waals surface area contributed by atoms with E-state index >= 15 is 0 Å². The highest BCUT2D eigenvalue weighted by Crippen LogP contribution is 2.38. The van der Waals surface area contributed by atoms with E-state index in [1.54, 1.807) is 31.3 Å². The van der Waals surface area contributed by atoms with Crippen LogP contribution in [-0.4, -0.2) is 29.9 Å². The Labute approximate surface area is 154 Å². The second-order valence-corrected chi connectivity index (χ2v) is 6.77. The van der Waals surface area contributed by atoms with Gasteiger partial charge in [-0.15, -0.1) is 0 Å². The molecule has 1 aromatic carbocycles. The normalized spacial score (nSPS) is 17.3. The molecule has 0 bridgehead atoms. The smallest absolute Gasteiger partial charge is 0.252 e. The van der Waals surface area contributed by atoms with Crippen LogP contribution in [0.3, 0.4) is 0 Å². The summed E-state index contributed by atoms with van der Waals surface area (Å²) < 4.78 is 39.7. The summed E-state index contributed by atoms with van der Waals surface area (Å²) in [5.74, 6) is -3.77. The van der Waals surface area contributed by atoms with Crippen molar-refractivity contribution < 1.29 is 18.0 Å². The second-order valence-electron chi connectivity index (χ2n) is 6.37. The number of nitrogens with one attached hydrogen (secondary N) is 1. The molecule has 1 atom stereocenters. The number of anilines is 1. The van der Waals surface area contributed by atoms with Crippen molar-refractivity contribution in [1.29, 1.82) is 0 Å². The summed E-state index contributed by atoms with van der Waals surface area (Å²) in [6.07, 6.45) is 1.69. The third-order valence-electron chi connectivity index (χ3n) is 4.37. The molecule has 1 N–H and O–H groups in total. The number of amides is 1. The van der Waals surface area contributed by atoms with Gasteiger partial charge in [-0.05, 0) is 6.07 Å². The van der Waals surface area contributed by atoms with Gasteiger partial charge in [0.05, 0.1) is 18.1 Å². The summed E-state index contributed by atoms with van der Waals surface area (Å²) >= 11 is 6.24. The molecule has 8 heteroatoms. The zero-order chi connectivity index (χ0) is 18.9. The van der Waals surface area contributed by atoms with Crippen molar-refractivity contribution in [2.45, 2.75) is 30.8 Å². The van der Waals surface area contributed by atoms with Crippen molar-refractivity contribution in [3.63, 3.8) is 0 Å². The molecule has 1 aromatic heterocycles. The topological polar surface area (TPSA) is 45.2 Å². The van der Waals surface area contributed by atoms with Crippen LogP contribution in [0, 0.1) is 5.82 Å². The molecule has 1 aliphatic carbocycles. The van der Waals surface area contributed by atoms with Gasteiger partial charge < -0.3 is 10.2 Å². The number of hydrogen-bond donors (Lipinski definition) is 1. The number of likely N-dealkylation sites (N-methyl/N-ethyl adjacent to an activating group) is 1.